The van der Waals surface area contributed by atoms with Crippen LogP contribution in [0, 0.1) is 0 Å². The third-order valence-corrected chi connectivity index (χ3v) is 13.9. The summed E-state index contributed by atoms with van der Waals surface area (Å²) in [5.41, 5.74) is 4.54. The summed E-state index contributed by atoms with van der Waals surface area (Å²) in [5.74, 6) is -1.28. The molecule has 20 heteroatoms. The number of nitrogens with zero attached hydrogens (tertiary/aromatic N) is 6. The molecule has 368 valence electrons. The van der Waals surface area contributed by atoms with Crippen LogP contribution in [0.3, 0.4) is 0 Å². The second-order valence-electron chi connectivity index (χ2n) is 17.2. The molecule has 0 radical (unpaired) electrons. The number of pyridine rings is 1. The number of fused-ring (bicyclic) bond motifs is 1. The molecule has 0 saturated carbocycles. The quantitative estimate of drug-likeness (QED) is 0.0248. The van der Waals surface area contributed by atoms with Crippen LogP contribution in [0.4, 0.5) is 9.93 Å². The second-order valence-corrected chi connectivity index (χ2v) is 19.8. The number of carbonyl (C=O) groups is 4. The van der Waals surface area contributed by atoms with E-state index < -0.39 is 46.5 Å². The fraction of sp³-hybridized carbons (Fsp3) is 0.212. The van der Waals surface area contributed by atoms with Gasteiger partial charge in [0.1, 0.15) is 35.1 Å². The first-order chi connectivity index (χ1) is 34.4. The van der Waals surface area contributed by atoms with Crippen molar-refractivity contribution in [2.75, 3.05) is 18.2 Å². The standard InChI is InChI=1S/C52H46N8O8S3.HI/c1-51(2,3)67-50(64)56-49-55-44(58-71-49)41(57-68-52(36-14-8-5-9-15-36,37-16-10-6-11-17-37)38-18-12-7-13-19-38)45(61)54-42-46(62)60-43(48(63)66-29-33-20-22-39(65-4)23-21-33)35(30-70-47(42)60)28-59-26-24-34(25-27-59)40-31-69-32-53-40;/h5-27,31-32,42,47H,28-30H2,1-4H3,(H-,54,55,56,58,61,64);1H/t42-,47+;/m1./s1. The van der Waals surface area contributed by atoms with Crippen LogP contribution in [0.2, 0.25) is 0 Å². The van der Waals surface area contributed by atoms with Crippen molar-refractivity contribution in [3.63, 3.8) is 0 Å². The summed E-state index contributed by atoms with van der Waals surface area (Å²) in [6, 6.07) is 38.2. The smallest absolute Gasteiger partial charge is 0.414 e. The maximum absolute atomic E-state index is 14.8. The molecular formula is C52H47IN8O8S3. The van der Waals surface area contributed by atoms with Gasteiger partial charge in [-0.15, -0.1) is 23.1 Å². The molecule has 2 atom stereocenters. The van der Waals surface area contributed by atoms with Gasteiger partial charge in [0, 0.05) is 62.6 Å². The summed E-state index contributed by atoms with van der Waals surface area (Å²) in [6.45, 7) is 5.40. The molecule has 2 aliphatic rings. The van der Waals surface area contributed by atoms with Gasteiger partial charge in [0.15, 0.2) is 18.9 Å². The predicted octanol–water partition coefficient (Wildman–Crippen LogP) is 5.12. The number of β-lactam (4-membered cyclic amide) rings is 1. The number of amides is 3. The highest BCUT2D eigenvalue weighted by atomic mass is 127. The van der Waals surface area contributed by atoms with Crippen molar-refractivity contribution in [2.45, 2.75) is 56.5 Å². The van der Waals surface area contributed by atoms with Crippen molar-refractivity contribution >= 4 is 69.4 Å². The number of aromatic nitrogens is 4. The number of nitrogens with one attached hydrogen (secondary N) is 2. The van der Waals surface area contributed by atoms with Gasteiger partial charge in [-0.25, -0.2) is 19.1 Å². The lowest BCUT2D eigenvalue weighted by atomic mass is 9.80. The van der Waals surface area contributed by atoms with Crippen LogP contribution in [0.5, 0.6) is 5.75 Å². The zero-order valence-electron chi connectivity index (χ0n) is 39.3. The molecule has 72 heavy (non-hydrogen) atoms. The van der Waals surface area contributed by atoms with Crippen LogP contribution < -0.4 is 43.9 Å². The Kier molecular flexibility index (Phi) is 16.1. The van der Waals surface area contributed by atoms with E-state index in [0.29, 0.717) is 33.8 Å². The number of halogens is 1. The second kappa shape index (κ2) is 22.6. The number of hydrogen-bond donors (Lipinski definition) is 2. The van der Waals surface area contributed by atoms with Gasteiger partial charge in [-0.2, -0.15) is 9.36 Å². The van der Waals surface area contributed by atoms with E-state index >= 15 is 0 Å². The maximum Gasteiger partial charge on any atom is 0.414 e. The lowest BCUT2D eigenvalue weighted by molar-refractivity contribution is -0.689. The molecule has 0 unspecified atom stereocenters. The first kappa shape index (κ1) is 51.3. The topological polar surface area (TPSA) is 187 Å². The summed E-state index contributed by atoms with van der Waals surface area (Å²) < 4.78 is 22.9. The molecule has 1 fully saturated rings. The minimum Gasteiger partial charge on any atom is -1.00 e. The van der Waals surface area contributed by atoms with E-state index in [1.54, 1.807) is 57.7 Å². The maximum atomic E-state index is 14.8. The fourth-order valence-corrected chi connectivity index (χ4v) is 10.4. The molecule has 9 rings (SSSR count). The van der Waals surface area contributed by atoms with Crippen LogP contribution in [-0.2, 0) is 47.4 Å². The number of benzene rings is 4. The highest BCUT2D eigenvalue weighted by Crippen LogP contribution is 2.43. The van der Waals surface area contributed by atoms with Gasteiger partial charge in [0.25, 0.3) is 11.8 Å². The van der Waals surface area contributed by atoms with Crippen LogP contribution in [-0.4, -0.2) is 78.7 Å². The highest BCUT2D eigenvalue weighted by molar-refractivity contribution is 8.00. The lowest BCUT2D eigenvalue weighted by Gasteiger charge is -2.49. The van der Waals surface area contributed by atoms with Crippen LogP contribution >= 0.6 is 34.6 Å². The number of carbonyl (C=O) groups excluding carboxylic acids is 4. The lowest BCUT2D eigenvalue weighted by Crippen LogP contribution is -3.00. The van der Waals surface area contributed by atoms with Crippen molar-refractivity contribution in [1.82, 2.24) is 24.6 Å². The summed E-state index contributed by atoms with van der Waals surface area (Å²) in [5, 5.41) is 11.3. The number of ether oxygens (including phenoxy) is 3. The Morgan fingerprint density at radius 1 is 0.861 bits per heavy atom. The zero-order valence-corrected chi connectivity index (χ0v) is 43.9. The molecule has 5 heterocycles. The molecule has 2 aliphatic heterocycles. The van der Waals surface area contributed by atoms with E-state index in [1.807, 2.05) is 125 Å². The number of rotatable bonds is 16. The molecule has 3 amide bonds. The molecule has 2 N–H and O–H groups in total. The normalized spacial score (nSPS) is 15.6. The minimum atomic E-state index is -1.41. The number of hydrogen-bond acceptors (Lipinski definition) is 15. The van der Waals surface area contributed by atoms with Gasteiger partial charge in [0.2, 0.25) is 22.3 Å². The molecule has 3 aromatic heterocycles. The molecule has 0 aliphatic carbocycles. The van der Waals surface area contributed by atoms with Gasteiger partial charge < -0.3 is 48.3 Å². The largest absolute Gasteiger partial charge is 1.00 e. The molecular weight excluding hydrogens is 1090 g/mol. The van der Waals surface area contributed by atoms with Gasteiger partial charge in [-0.05, 0) is 38.5 Å². The molecule has 0 bridgehead atoms. The number of oxime groups is 1. The molecule has 4 aromatic carbocycles. The highest BCUT2D eigenvalue weighted by Gasteiger charge is 2.55. The monoisotopic (exact) mass is 1130 g/mol. The Balaban J connectivity index is 0.00000693. The molecule has 16 nitrogen and oxygen atoms in total. The number of thiazole rings is 1. The Bertz CT molecular complexity index is 2990. The Hall–Kier alpha value is -7.01. The Morgan fingerprint density at radius 2 is 1.49 bits per heavy atom. The number of anilines is 1. The minimum absolute atomic E-state index is 0. The van der Waals surface area contributed by atoms with Gasteiger partial charge >= 0.3 is 12.1 Å². The van der Waals surface area contributed by atoms with E-state index in [2.05, 4.69) is 30.1 Å². The van der Waals surface area contributed by atoms with Gasteiger partial charge in [-0.3, -0.25) is 19.8 Å². The van der Waals surface area contributed by atoms with E-state index in [9.17, 15) is 19.2 Å². The third-order valence-electron chi connectivity index (χ3n) is 11.3. The number of esters is 1. The van der Waals surface area contributed by atoms with Crippen molar-refractivity contribution in [1.29, 1.82) is 0 Å². The first-order valence-corrected chi connectivity index (χ1v) is 25.1. The summed E-state index contributed by atoms with van der Waals surface area (Å²) in [6.07, 6.45) is 3.01. The summed E-state index contributed by atoms with van der Waals surface area (Å²) in [4.78, 5) is 73.4. The molecule has 0 spiro atoms. The average Bonchev–Trinajstić information content (AvgIpc) is 4.10. The predicted molar refractivity (Wildman–Crippen MR) is 269 cm³/mol. The van der Waals surface area contributed by atoms with E-state index in [1.165, 1.54) is 28.0 Å². The van der Waals surface area contributed by atoms with E-state index in [0.717, 1.165) is 28.4 Å². The van der Waals surface area contributed by atoms with E-state index in [-0.39, 0.29) is 59.5 Å². The third kappa shape index (κ3) is 11.4. The van der Waals surface area contributed by atoms with Crippen LogP contribution in [0.25, 0.3) is 11.3 Å². The molecule has 1 saturated heterocycles. The van der Waals surface area contributed by atoms with Crippen molar-refractivity contribution in [3.8, 4) is 17.0 Å². The van der Waals surface area contributed by atoms with Crippen molar-refractivity contribution in [3.05, 3.63) is 190 Å². The zero-order chi connectivity index (χ0) is 49.5. The van der Waals surface area contributed by atoms with Gasteiger partial charge in [-0.1, -0.05) is 108 Å². The first-order valence-electron chi connectivity index (χ1n) is 22.3. The summed E-state index contributed by atoms with van der Waals surface area (Å²) >= 11 is 3.70. The molecule has 7 aromatic rings. The Morgan fingerprint density at radius 3 is 2.06 bits per heavy atom. The Labute approximate surface area is 444 Å². The van der Waals surface area contributed by atoms with Crippen LogP contribution in [0.1, 0.15) is 48.8 Å². The summed E-state index contributed by atoms with van der Waals surface area (Å²) in [7, 11) is 1.57. The van der Waals surface area contributed by atoms with Crippen molar-refractivity contribution in [2.24, 2.45) is 5.16 Å². The SMILES string of the molecule is COc1ccc(COC(=O)C2=C(C[n+]3ccc(-c4cscn4)cc3)CS[C@H]3[C@H](NC(=O)C(=NOC(c4ccccc4)(c4ccccc4)c4ccccc4)c4nsc(NC(=O)OC(C)(C)C)n4)C(=O)N23)cc1.[I-]. The number of thioether (sulfide) groups is 1. The van der Waals surface area contributed by atoms with E-state index in [4.69, 9.17) is 19.0 Å². The van der Waals surface area contributed by atoms with Crippen LogP contribution in [0.15, 0.2) is 167 Å². The number of methoxy groups -OCH3 is 1. The fourth-order valence-electron chi connectivity index (χ4n) is 7.99. The van der Waals surface area contributed by atoms with Gasteiger partial charge in [0.05, 0.1) is 18.3 Å². The average molecular weight is 1140 g/mol. The van der Waals surface area contributed by atoms with Crippen molar-refractivity contribution < 1.29 is 66.8 Å².